The minimum Gasteiger partial charge on any atom is -0.320 e. The number of para-hydroxylation sites is 1. The van der Waals surface area contributed by atoms with E-state index in [4.69, 9.17) is 0 Å². The quantitative estimate of drug-likeness (QED) is 0.231. The second-order valence-corrected chi connectivity index (χ2v) is 9.90. The van der Waals surface area contributed by atoms with Crippen LogP contribution in [0, 0.1) is 13.8 Å². The van der Waals surface area contributed by atoms with E-state index in [1.165, 1.54) is 10.2 Å². The predicted molar refractivity (Wildman–Crippen MR) is 152 cm³/mol. The number of amides is 3. The van der Waals surface area contributed by atoms with Crippen molar-refractivity contribution in [2.24, 2.45) is 0 Å². The molecule has 0 aliphatic heterocycles. The summed E-state index contributed by atoms with van der Waals surface area (Å²) in [5, 5.41) is 6.30. The average Bonchev–Trinajstić information content (AvgIpc) is 3.23. The number of fused-ring (bicyclic) bond motifs is 1. The van der Waals surface area contributed by atoms with E-state index in [1.807, 2.05) is 50.2 Å². The largest absolute Gasteiger partial charge is 0.328 e. The van der Waals surface area contributed by atoms with Gasteiger partial charge in [-0.15, -0.1) is 0 Å². The van der Waals surface area contributed by atoms with E-state index in [2.05, 4.69) is 38.9 Å². The number of aryl methyl sites for hydroxylation is 3. The smallest absolute Gasteiger partial charge is 0.320 e. The minimum atomic E-state index is -0.892. The molecule has 8 heteroatoms. The normalized spacial score (nSPS) is 10.8. The maximum Gasteiger partial charge on any atom is 0.328 e. The number of hydrogen-bond donors (Lipinski definition) is 3. The molecule has 7 nitrogen and oxygen atoms in total. The van der Waals surface area contributed by atoms with Gasteiger partial charge in [0.2, 0.25) is 0 Å². The first-order valence-corrected chi connectivity index (χ1v) is 13.0. The summed E-state index contributed by atoms with van der Waals surface area (Å²) >= 11 is 3.44. The van der Waals surface area contributed by atoms with E-state index in [0.717, 1.165) is 40.2 Å². The highest BCUT2D eigenvalue weighted by molar-refractivity contribution is 9.10. The first-order chi connectivity index (χ1) is 17.8. The van der Waals surface area contributed by atoms with Gasteiger partial charge in [0.05, 0.1) is 5.52 Å². The molecule has 1 aromatic heterocycles. The highest BCUT2D eigenvalue weighted by Crippen LogP contribution is 2.25. The molecule has 0 atom stereocenters. The first-order valence-electron chi connectivity index (χ1n) is 12.2. The molecule has 0 spiro atoms. The SMILES string of the molecule is CCCCc1ccc(NC(=O)C(=O)Nn2c(C(=O)Nc3c(C)cccc3C)cc3cc(Br)ccc32)cc1. The molecule has 1 heterocycles. The van der Waals surface area contributed by atoms with Crippen LogP contribution < -0.4 is 16.1 Å². The topological polar surface area (TPSA) is 92.2 Å². The van der Waals surface area contributed by atoms with E-state index in [0.29, 0.717) is 16.9 Å². The number of nitrogens with zero attached hydrogens (tertiary/aromatic N) is 1. The zero-order chi connectivity index (χ0) is 26.5. The van der Waals surface area contributed by atoms with Gasteiger partial charge in [-0.1, -0.05) is 59.6 Å². The molecular weight excluding hydrogens is 532 g/mol. The summed E-state index contributed by atoms with van der Waals surface area (Å²) in [6, 6.07) is 20.3. The molecule has 190 valence electrons. The monoisotopic (exact) mass is 560 g/mol. The molecule has 37 heavy (non-hydrogen) atoms. The maximum atomic E-state index is 13.3. The average molecular weight is 561 g/mol. The van der Waals surface area contributed by atoms with Crippen molar-refractivity contribution in [2.45, 2.75) is 40.0 Å². The molecule has 0 saturated heterocycles. The van der Waals surface area contributed by atoms with Crippen molar-refractivity contribution in [3.05, 3.63) is 93.6 Å². The summed E-state index contributed by atoms with van der Waals surface area (Å²) in [4.78, 5) is 38.9. The molecule has 3 amide bonds. The molecule has 0 aliphatic rings. The Morgan fingerprint density at radius 1 is 0.865 bits per heavy atom. The van der Waals surface area contributed by atoms with Gasteiger partial charge in [0.1, 0.15) is 5.69 Å². The van der Waals surface area contributed by atoms with Crippen LogP contribution in [0.1, 0.15) is 46.9 Å². The fourth-order valence-corrected chi connectivity index (χ4v) is 4.52. The third-order valence-corrected chi connectivity index (χ3v) is 6.66. The number of anilines is 2. The van der Waals surface area contributed by atoms with Crippen LogP contribution in [0.15, 0.2) is 71.2 Å². The Balaban J connectivity index is 1.57. The summed E-state index contributed by atoms with van der Waals surface area (Å²) in [6.07, 6.45) is 3.16. The lowest BCUT2D eigenvalue weighted by atomic mass is 10.1. The number of rotatable bonds is 7. The highest BCUT2D eigenvalue weighted by Gasteiger charge is 2.22. The number of hydrogen-bond acceptors (Lipinski definition) is 3. The Morgan fingerprint density at radius 2 is 1.57 bits per heavy atom. The molecule has 4 rings (SSSR count). The van der Waals surface area contributed by atoms with Crippen LogP contribution in [0.2, 0.25) is 0 Å². The molecule has 0 radical (unpaired) electrons. The zero-order valence-corrected chi connectivity index (χ0v) is 22.6. The number of benzene rings is 3. The van der Waals surface area contributed by atoms with Gasteiger partial charge in [-0.2, -0.15) is 0 Å². The van der Waals surface area contributed by atoms with Gasteiger partial charge in [0.15, 0.2) is 0 Å². The highest BCUT2D eigenvalue weighted by atomic mass is 79.9. The van der Waals surface area contributed by atoms with E-state index in [9.17, 15) is 14.4 Å². The molecule has 0 fully saturated rings. The fraction of sp³-hybridized carbons (Fsp3) is 0.207. The third-order valence-electron chi connectivity index (χ3n) is 6.17. The van der Waals surface area contributed by atoms with Gasteiger partial charge in [-0.3, -0.25) is 19.8 Å². The summed E-state index contributed by atoms with van der Waals surface area (Å²) in [6.45, 7) is 5.97. The van der Waals surface area contributed by atoms with Gasteiger partial charge in [-0.25, -0.2) is 4.68 Å². The Bertz CT molecular complexity index is 1450. The number of carbonyl (C=O) groups is 3. The van der Waals surface area contributed by atoms with Crippen molar-refractivity contribution in [2.75, 3.05) is 16.1 Å². The first kappa shape index (κ1) is 26.2. The second-order valence-electron chi connectivity index (χ2n) is 8.98. The minimum absolute atomic E-state index is 0.192. The second kappa shape index (κ2) is 11.4. The number of carbonyl (C=O) groups excluding carboxylic acids is 3. The van der Waals surface area contributed by atoms with Crippen molar-refractivity contribution in [1.29, 1.82) is 0 Å². The van der Waals surface area contributed by atoms with Crippen LogP contribution in [0.25, 0.3) is 10.9 Å². The Morgan fingerprint density at radius 3 is 2.24 bits per heavy atom. The zero-order valence-electron chi connectivity index (χ0n) is 21.0. The van der Waals surface area contributed by atoms with Crippen molar-refractivity contribution in [1.82, 2.24) is 4.68 Å². The Hall–Kier alpha value is -3.91. The molecule has 0 aliphatic carbocycles. The molecule has 3 N–H and O–H groups in total. The Kier molecular flexibility index (Phi) is 8.08. The third kappa shape index (κ3) is 6.09. The maximum absolute atomic E-state index is 13.3. The van der Waals surface area contributed by atoms with Gasteiger partial charge in [0.25, 0.3) is 5.91 Å². The van der Waals surface area contributed by atoms with Crippen LogP contribution in [0.5, 0.6) is 0 Å². The molecule has 0 saturated carbocycles. The molecule has 0 bridgehead atoms. The predicted octanol–water partition coefficient (Wildman–Crippen LogP) is 6.32. The molecule has 3 aromatic carbocycles. The van der Waals surface area contributed by atoms with Gasteiger partial charge >= 0.3 is 11.8 Å². The molecule has 0 unspecified atom stereocenters. The van der Waals surface area contributed by atoms with Crippen LogP contribution in [-0.2, 0) is 16.0 Å². The van der Waals surface area contributed by atoms with E-state index < -0.39 is 17.7 Å². The van der Waals surface area contributed by atoms with Gasteiger partial charge in [-0.05, 0) is 79.8 Å². The van der Waals surface area contributed by atoms with Crippen LogP contribution >= 0.6 is 15.9 Å². The van der Waals surface area contributed by atoms with Crippen molar-refractivity contribution >= 4 is 55.9 Å². The Labute approximate surface area is 224 Å². The number of aromatic nitrogens is 1. The lowest BCUT2D eigenvalue weighted by molar-refractivity contribution is -0.133. The van der Waals surface area contributed by atoms with E-state index >= 15 is 0 Å². The lowest BCUT2D eigenvalue weighted by Crippen LogP contribution is -2.36. The van der Waals surface area contributed by atoms with E-state index in [1.54, 1.807) is 30.3 Å². The summed E-state index contributed by atoms with van der Waals surface area (Å²) in [5.74, 6) is -2.13. The van der Waals surface area contributed by atoms with Crippen LogP contribution in [0.4, 0.5) is 11.4 Å². The van der Waals surface area contributed by atoms with E-state index in [-0.39, 0.29) is 5.69 Å². The van der Waals surface area contributed by atoms with Crippen LogP contribution in [-0.4, -0.2) is 22.4 Å². The van der Waals surface area contributed by atoms with Crippen molar-refractivity contribution < 1.29 is 14.4 Å². The van der Waals surface area contributed by atoms with Crippen molar-refractivity contribution in [3.63, 3.8) is 0 Å². The number of halogens is 1. The van der Waals surface area contributed by atoms with Gasteiger partial charge < -0.3 is 10.6 Å². The summed E-state index contributed by atoms with van der Waals surface area (Å²) in [7, 11) is 0. The summed E-state index contributed by atoms with van der Waals surface area (Å²) < 4.78 is 2.17. The number of nitrogens with one attached hydrogen (secondary N) is 3. The molecule has 4 aromatic rings. The lowest BCUT2D eigenvalue weighted by Gasteiger charge is -2.15. The standard InChI is InChI=1S/C29H29BrN4O3/c1-4-5-9-20-10-13-23(14-11-20)31-28(36)29(37)33-34-24-15-12-22(30)16-21(24)17-25(34)27(35)32-26-18(2)7-6-8-19(26)3/h6-8,10-17H,4-5,9H2,1-3H3,(H,31,36)(H,32,35)(H,33,37). The number of unbranched alkanes of at least 4 members (excludes halogenated alkanes) is 1. The van der Waals surface area contributed by atoms with Crippen LogP contribution in [0.3, 0.4) is 0 Å². The molecular formula is C29H29BrN4O3. The van der Waals surface area contributed by atoms with Crippen molar-refractivity contribution in [3.8, 4) is 0 Å². The van der Waals surface area contributed by atoms with Gasteiger partial charge in [0, 0.05) is 21.2 Å². The fourth-order valence-electron chi connectivity index (χ4n) is 4.14. The summed E-state index contributed by atoms with van der Waals surface area (Å²) in [5.41, 5.74) is 7.61.